The molecule has 144 valence electrons. The number of esters is 1. The van der Waals surface area contributed by atoms with Crippen molar-refractivity contribution in [3.8, 4) is 0 Å². The molecule has 1 N–H and O–H groups in total. The van der Waals surface area contributed by atoms with Crippen LogP contribution in [0.15, 0.2) is 18.2 Å². The van der Waals surface area contributed by atoms with E-state index >= 15 is 0 Å². The van der Waals surface area contributed by atoms with E-state index in [0.717, 1.165) is 6.07 Å². The normalized spacial score (nSPS) is 23.9. The summed E-state index contributed by atoms with van der Waals surface area (Å²) in [5, 5.41) is 13.2. The van der Waals surface area contributed by atoms with Crippen molar-refractivity contribution in [3.05, 3.63) is 33.3 Å². The zero-order valence-corrected chi connectivity index (χ0v) is 15.8. The molecule has 2 amide bonds. The molecule has 2 aliphatic heterocycles. The first-order valence-electron chi connectivity index (χ1n) is 8.08. The lowest BCUT2D eigenvalue weighted by Gasteiger charge is -2.29. The second-order valence-corrected chi connectivity index (χ2v) is 8.25. The minimum atomic E-state index is -0.709. The zero-order chi connectivity index (χ0) is 19.8. The number of hydrogen-bond acceptors (Lipinski definition) is 7. The zero-order valence-electron chi connectivity index (χ0n) is 14.3. The number of ether oxygens (including phenoxy) is 1. The number of rotatable bonds is 5. The Hall–Kier alpha value is -2.33. The number of nitrogens with zero attached hydrogens (tertiary/aromatic N) is 2. The highest BCUT2D eigenvalue weighted by Crippen LogP contribution is 2.47. The molecule has 2 aliphatic rings. The molecule has 0 unspecified atom stereocenters. The monoisotopic (exact) mass is 413 g/mol. The minimum Gasteiger partial charge on any atom is -0.454 e. The van der Waals surface area contributed by atoms with Gasteiger partial charge in [0.15, 0.2) is 6.61 Å². The third-order valence-corrected chi connectivity index (χ3v) is 6.31. The average Bonchev–Trinajstić information content (AvgIpc) is 3.10. The first-order valence-corrected chi connectivity index (χ1v) is 9.44. The molecule has 0 saturated carbocycles. The van der Waals surface area contributed by atoms with Crippen LogP contribution in [-0.4, -0.2) is 50.9 Å². The number of amides is 2. The number of nitro groups is 1. The van der Waals surface area contributed by atoms with Gasteiger partial charge in [0.25, 0.3) is 11.6 Å². The topological polar surface area (TPSA) is 119 Å². The van der Waals surface area contributed by atoms with Crippen molar-refractivity contribution in [2.75, 3.05) is 17.7 Å². The van der Waals surface area contributed by atoms with Crippen molar-refractivity contribution >= 4 is 52.5 Å². The van der Waals surface area contributed by atoms with E-state index in [1.165, 1.54) is 23.9 Å². The van der Waals surface area contributed by atoms with Crippen LogP contribution in [0.5, 0.6) is 0 Å². The number of carbonyl (C=O) groups is 3. The Kier molecular flexibility index (Phi) is 5.29. The van der Waals surface area contributed by atoms with Gasteiger partial charge in [0.2, 0.25) is 5.91 Å². The molecule has 27 heavy (non-hydrogen) atoms. The SMILES string of the molecule is C[C@]12CCC(=O)N1[C@@H](C(=O)OCC(=O)Nc1ccc(Cl)c([N+](=O)[O-])c1)CS2. The maximum absolute atomic E-state index is 12.3. The molecule has 2 heterocycles. The molecule has 1 aromatic rings. The molecule has 3 rings (SSSR count). The molecule has 2 fully saturated rings. The van der Waals surface area contributed by atoms with Crippen molar-refractivity contribution in [1.82, 2.24) is 4.90 Å². The molecule has 2 saturated heterocycles. The predicted molar refractivity (Wildman–Crippen MR) is 98.4 cm³/mol. The summed E-state index contributed by atoms with van der Waals surface area (Å²) in [7, 11) is 0. The Balaban J connectivity index is 1.57. The summed E-state index contributed by atoms with van der Waals surface area (Å²) >= 11 is 7.24. The Morgan fingerprint density at radius 3 is 2.96 bits per heavy atom. The fraction of sp³-hybridized carbons (Fsp3) is 0.438. The summed E-state index contributed by atoms with van der Waals surface area (Å²) in [4.78, 5) is 47.7. The average molecular weight is 414 g/mol. The molecule has 0 aromatic heterocycles. The number of thioether (sulfide) groups is 1. The van der Waals surface area contributed by atoms with E-state index < -0.39 is 34.3 Å². The van der Waals surface area contributed by atoms with E-state index in [1.54, 1.807) is 4.90 Å². The van der Waals surface area contributed by atoms with Crippen LogP contribution >= 0.6 is 23.4 Å². The van der Waals surface area contributed by atoms with Gasteiger partial charge in [-0.25, -0.2) is 4.79 Å². The van der Waals surface area contributed by atoms with Crippen molar-refractivity contribution in [3.63, 3.8) is 0 Å². The summed E-state index contributed by atoms with van der Waals surface area (Å²) in [6.07, 6.45) is 1.07. The van der Waals surface area contributed by atoms with Crippen LogP contribution in [0.3, 0.4) is 0 Å². The molecule has 11 heteroatoms. The fourth-order valence-corrected chi connectivity index (χ4v) is 4.76. The number of anilines is 1. The highest BCUT2D eigenvalue weighted by Gasteiger charge is 2.53. The molecule has 0 radical (unpaired) electrons. The Bertz CT molecular complexity index is 834. The largest absolute Gasteiger partial charge is 0.454 e. The molecule has 0 bridgehead atoms. The van der Waals surface area contributed by atoms with Gasteiger partial charge in [0, 0.05) is 23.9 Å². The number of benzene rings is 1. The van der Waals surface area contributed by atoms with Gasteiger partial charge in [-0.15, -0.1) is 11.8 Å². The molecule has 0 aliphatic carbocycles. The maximum Gasteiger partial charge on any atom is 0.330 e. The lowest BCUT2D eigenvalue weighted by atomic mass is 10.2. The highest BCUT2D eigenvalue weighted by atomic mass is 35.5. The van der Waals surface area contributed by atoms with Gasteiger partial charge in [0.1, 0.15) is 11.1 Å². The second kappa shape index (κ2) is 7.35. The fourth-order valence-electron chi connectivity index (χ4n) is 3.16. The Morgan fingerprint density at radius 2 is 2.26 bits per heavy atom. The van der Waals surface area contributed by atoms with Gasteiger partial charge in [-0.1, -0.05) is 11.6 Å². The van der Waals surface area contributed by atoms with Gasteiger partial charge < -0.3 is 15.0 Å². The Morgan fingerprint density at radius 1 is 1.52 bits per heavy atom. The Labute approximate surface area is 163 Å². The number of hydrogen-bond donors (Lipinski definition) is 1. The van der Waals surface area contributed by atoms with Gasteiger partial charge in [-0.05, 0) is 25.5 Å². The quantitative estimate of drug-likeness (QED) is 0.446. The number of nitro benzene ring substituents is 1. The summed E-state index contributed by atoms with van der Waals surface area (Å²) < 4.78 is 5.04. The van der Waals surface area contributed by atoms with Crippen LogP contribution in [-0.2, 0) is 19.1 Å². The molecule has 9 nitrogen and oxygen atoms in total. The molecule has 2 atom stereocenters. The van der Waals surface area contributed by atoms with E-state index in [9.17, 15) is 24.5 Å². The number of fused-ring (bicyclic) bond motifs is 1. The molecular formula is C16H16ClN3O6S. The van der Waals surface area contributed by atoms with Crippen LogP contribution in [0.4, 0.5) is 11.4 Å². The third-order valence-electron chi connectivity index (χ3n) is 4.49. The summed E-state index contributed by atoms with van der Waals surface area (Å²) in [5.74, 6) is -0.964. The van der Waals surface area contributed by atoms with Crippen molar-refractivity contribution < 1.29 is 24.0 Å². The molecule has 0 spiro atoms. The van der Waals surface area contributed by atoms with Crippen molar-refractivity contribution in [1.29, 1.82) is 0 Å². The summed E-state index contributed by atoms with van der Waals surface area (Å²) in [6.45, 7) is 1.35. The van der Waals surface area contributed by atoms with Crippen LogP contribution in [0.25, 0.3) is 0 Å². The summed E-state index contributed by atoms with van der Waals surface area (Å²) in [6, 6.07) is 3.09. The standard InChI is InChI=1S/C16H16ClN3O6S/c1-16-5-4-14(22)19(16)12(8-27-16)15(23)26-7-13(21)18-9-2-3-10(17)11(6-9)20(24)25/h2-3,6,12H,4-5,7-8H2,1H3,(H,18,21)/t12-,16+/m1/s1. The van der Waals surface area contributed by atoms with Crippen LogP contribution in [0.2, 0.25) is 5.02 Å². The summed E-state index contributed by atoms with van der Waals surface area (Å²) in [5.41, 5.74) is -0.188. The van der Waals surface area contributed by atoms with E-state index in [1.807, 2.05) is 6.92 Å². The van der Waals surface area contributed by atoms with Crippen LogP contribution < -0.4 is 5.32 Å². The maximum atomic E-state index is 12.3. The van der Waals surface area contributed by atoms with Crippen molar-refractivity contribution in [2.45, 2.75) is 30.7 Å². The van der Waals surface area contributed by atoms with E-state index in [4.69, 9.17) is 16.3 Å². The highest BCUT2D eigenvalue weighted by molar-refractivity contribution is 8.01. The van der Waals surface area contributed by atoms with Gasteiger partial charge >= 0.3 is 5.97 Å². The van der Waals surface area contributed by atoms with E-state index in [-0.39, 0.29) is 22.3 Å². The van der Waals surface area contributed by atoms with Crippen LogP contribution in [0, 0.1) is 10.1 Å². The smallest absolute Gasteiger partial charge is 0.330 e. The first-order chi connectivity index (χ1) is 12.7. The van der Waals surface area contributed by atoms with Gasteiger partial charge in [-0.2, -0.15) is 0 Å². The van der Waals surface area contributed by atoms with E-state index in [2.05, 4.69) is 5.32 Å². The first kappa shape index (κ1) is 19.4. The number of nitrogens with one attached hydrogen (secondary N) is 1. The molecular weight excluding hydrogens is 398 g/mol. The number of halogens is 1. The second-order valence-electron chi connectivity index (χ2n) is 6.34. The number of carbonyl (C=O) groups excluding carboxylic acids is 3. The third kappa shape index (κ3) is 3.86. The lowest BCUT2D eigenvalue weighted by Crippen LogP contribution is -2.47. The van der Waals surface area contributed by atoms with Gasteiger partial charge in [0.05, 0.1) is 9.79 Å². The minimum absolute atomic E-state index is 0.0542. The lowest BCUT2D eigenvalue weighted by molar-refractivity contribution is -0.384. The predicted octanol–water partition coefficient (Wildman–Crippen LogP) is 2.18. The van der Waals surface area contributed by atoms with Crippen LogP contribution in [0.1, 0.15) is 19.8 Å². The van der Waals surface area contributed by atoms with Gasteiger partial charge in [-0.3, -0.25) is 19.7 Å². The van der Waals surface area contributed by atoms with E-state index in [0.29, 0.717) is 18.6 Å². The van der Waals surface area contributed by atoms with Crippen molar-refractivity contribution in [2.24, 2.45) is 0 Å². The molecule has 1 aromatic carbocycles.